The van der Waals surface area contributed by atoms with Crippen LogP contribution in [0.25, 0.3) is 0 Å². The summed E-state index contributed by atoms with van der Waals surface area (Å²) in [5.74, 6) is -0.0963. The van der Waals surface area contributed by atoms with Crippen molar-refractivity contribution in [3.8, 4) is 0 Å². The highest BCUT2D eigenvalue weighted by Gasteiger charge is 2.15. The Hall–Kier alpha value is -1.62. The fourth-order valence-corrected chi connectivity index (χ4v) is 2.10. The number of nitrogens with one attached hydrogen (secondary N) is 1. The van der Waals surface area contributed by atoms with Crippen LogP contribution in [0.4, 0.5) is 0 Å². The maximum absolute atomic E-state index is 12.2. The second-order valence-corrected chi connectivity index (χ2v) is 5.43. The first-order valence-corrected chi connectivity index (χ1v) is 6.83. The summed E-state index contributed by atoms with van der Waals surface area (Å²) >= 11 is 3.40. The van der Waals surface area contributed by atoms with Crippen molar-refractivity contribution in [2.45, 2.75) is 19.9 Å². The molecule has 1 heterocycles. The van der Waals surface area contributed by atoms with E-state index in [1.54, 1.807) is 10.9 Å². The van der Waals surface area contributed by atoms with Crippen molar-refractivity contribution in [1.29, 1.82) is 0 Å². The van der Waals surface area contributed by atoms with Crippen molar-refractivity contribution in [2.24, 2.45) is 7.05 Å². The van der Waals surface area contributed by atoms with Gasteiger partial charge in [0.1, 0.15) is 0 Å². The predicted molar refractivity (Wildman–Crippen MR) is 78.0 cm³/mol. The Labute approximate surface area is 120 Å². The maximum atomic E-state index is 12.2. The summed E-state index contributed by atoms with van der Waals surface area (Å²) in [5, 5.41) is 7.06. The number of halogens is 1. The smallest absolute Gasteiger partial charge is 0.255 e. The molecule has 0 saturated heterocycles. The number of hydrogen-bond acceptors (Lipinski definition) is 2. The lowest BCUT2D eigenvalue weighted by molar-refractivity contribution is 0.0939. The minimum absolute atomic E-state index is 0.0415. The number of rotatable bonds is 3. The number of aromatic nitrogens is 2. The minimum Gasteiger partial charge on any atom is -0.345 e. The zero-order valence-corrected chi connectivity index (χ0v) is 12.7. The Morgan fingerprint density at radius 3 is 2.53 bits per heavy atom. The van der Waals surface area contributed by atoms with Gasteiger partial charge < -0.3 is 5.32 Å². The maximum Gasteiger partial charge on any atom is 0.255 e. The van der Waals surface area contributed by atoms with E-state index in [0.29, 0.717) is 5.56 Å². The van der Waals surface area contributed by atoms with E-state index in [4.69, 9.17) is 0 Å². The number of carbonyl (C=O) groups excluding carboxylic acids is 1. The third-order valence-electron chi connectivity index (χ3n) is 3.20. The molecule has 2 aromatic rings. The summed E-state index contributed by atoms with van der Waals surface area (Å²) < 4.78 is 2.72. The highest BCUT2D eigenvalue weighted by Crippen LogP contribution is 2.17. The number of nitrogens with zero attached hydrogens (tertiary/aromatic N) is 2. The van der Waals surface area contributed by atoms with Crippen molar-refractivity contribution < 1.29 is 4.79 Å². The highest BCUT2D eigenvalue weighted by molar-refractivity contribution is 9.10. The molecule has 1 N–H and O–H groups in total. The van der Waals surface area contributed by atoms with Gasteiger partial charge in [0.25, 0.3) is 5.91 Å². The van der Waals surface area contributed by atoms with Crippen LogP contribution < -0.4 is 5.32 Å². The molecule has 100 valence electrons. The standard InChI is InChI=1S/C14H16BrN3O/c1-9(11-4-6-12(15)7-5-11)17-14(19)13-8-16-18(3)10(13)2/h4-9H,1-3H3,(H,17,19). The van der Waals surface area contributed by atoms with Crippen molar-refractivity contribution in [1.82, 2.24) is 15.1 Å². The van der Waals surface area contributed by atoms with Gasteiger partial charge in [-0.3, -0.25) is 9.48 Å². The van der Waals surface area contributed by atoms with Crippen LogP contribution in [0.15, 0.2) is 34.9 Å². The number of hydrogen-bond donors (Lipinski definition) is 1. The fourth-order valence-electron chi connectivity index (χ4n) is 1.83. The molecule has 0 aliphatic carbocycles. The molecule has 1 aromatic heterocycles. The summed E-state index contributed by atoms with van der Waals surface area (Å²) in [6.45, 7) is 3.85. The van der Waals surface area contributed by atoms with E-state index >= 15 is 0 Å². The average molecular weight is 322 g/mol. The molecule has 0 aliphatic rings. The zero-order valence-electron chi connectivity index (χ0n) is 11.1. The number of aryl methyl sites for hydroxylation is 1. The Morgan fingerprint density at radius 2 is 2.00 bits per heavy atom. The lowest BCUT2D eigenvalue weighted by Gasteiger charge is -2.14. The van der Waals surface area contributed by atoms with Crippen molar-refractivity contribution in [3.05, 3.63) is 51.8 Å². The van der Waals surface area contributed by atoms with E-state index < -0.39 is 0 Å². The molecule has 0 spiro atoms. The Balaban J connectivity index is 2.10. The Morgan fingerprint density at radius 1 is 1.37 bits per heavy atom. The number of amides is 1. The molecule has 0 bridgehead atoms. The molecule has 2 rings (SSSR count). The van der Waals surface area contributed by atoms with Gasteiger partial charge in [-0.25, -0.2) is 0 Å². The largest absolute Gasteiger partial charge is 0.345 e. The second kappa shape index (κ2) is 5.57. The summed E-state index contributed by atoms with van der Waals surface area (Å²) in [6, 6.07) is 7.87. The highest BCUT2D eigenvalue weighted by atomic mass is 79.9. The topological polar surface area (TPSA) is 46.9 Å². The second-order valence-electron chi connectivity index (χ2n) is 4.51. The molecule has 1 unspecified atom stereocenters. The van der Waals surface area contributed by atoms with Gasteiger partial charge >= 0.3 is 0 Å². The lowest BCUT2D eigenvalue weighted by Crippen LogP contribution is -2.27. The Bertz CT molecular complexity index is 589. The van der Waals surface area contributed by atoms with E-state index in [0.717, 1.165) is 15.7 Å². The molecule has 0 radical (unpaired) electrons. The third-order valence-corrected chi connectivity index (χ3v) is 3.73. The van der Waals surface area contributed by atoms with Gasteiger partial charge in [0, 0.05) is 17.2 Å². The van der Waals surface area contributed by atoms with Crippen LogP contribution in [0.5, 0.6) is 0 Å². The van der Waals surface area contributed by atoms with Gasteiger partial charge in [-0.2, -0.15) is 5.10 Å². The van der Waals surface area contributed by atoms with Crippen LogP contribution >= 0.6 is 15.9 Å². The van der Waals surface area contributed by atoms with Gasteiger partial charge in [0.2, 0.25) is 0 Å². The molecule has 0 aliphatic heterocycles. The molecule has 5 heteroatoms. The van der Waals surface area contributed by atoms with Crippen LogP contribution in [0, 0.1) is 6.92 Å². The monoisotopic (exact) mass is 321 g/mol. The van der Waals surface area contributed by atoms with Crippen molar-refractivity contribution in [3.63, 3.8) is 0 Å². The quantitative estimate of drug-likeness (QED) is 0.944. The van der Waals surface area contributed by atoms with Crippen LogP contribution in [0.1, 0.15) is 34.6 Å². The molecule has 1 amide bonds. The van der Waals surface area contributed by atoms with Gasteiger partial charge in [-0.15, -0.1) is 0 Å². The molecule has 4 nitrogen and oxygen atoms in total. The first-order chi connectivity index (χ1) is 8.99. The summed E-state index contributed by atoms with van der Waals surface area (Å²) in [4.78, 5) is 12.2. The third kappa shape index (κ3) is 3.04. The van der Waals surface area contributed by atoms with Crippen molar-refractivity contribution in [2.75, 3.05) is 0 Å². The number of benzene rings is 1. The first-order valence-electron chi connectivity index (χ1n) is 6.04. The fraction of sp³-hybridized carbons (Fsp3) is 0.286. The number of carbonyl (C=O) groups is 1. The summed E-state index contributed by atoms with van der Waals surface area (Å²) in [6.07, 6.45) is 1.60. The van der Waals surface area contributed by atoms with E-state index in [9.17, 15) is 4.79 Å². The van der Waals surface area contributed by atoms with Gasteiger partial charge in [0.15, 0.2) is 0 Å². The molecule has 19 heavy (non-hydrogen) atoms. The SMILES string of the molecule is Cc1c(C(=O)NC(C)c2ccc(Br)cc2)cnn1C. The van der Waals surface area contributed by atoms with E-state index in [1.807, 2.05) is 45.2 Å². The molecule has 1 aromatic carbocycles. The predicted octanol–water partition coefficient (Wildman–Crippen LogP) is 2.98. The zero-order chi connectivity index (χ0) is 14.0. The van der Waals surface area contributed by atoms with Crippen LogP contribution in [0.3, 0.4) is 0 Å². The van der Waals surface area contributed by atoms with E-state index in [-0.39, 0.29) is 11.9 Å². The van der Waals surface area contributed by atoms with E-state index in [1.165, 1.54) is 0 Å². The first kappa shape index (κ1) is 13.8. The lowest BCUT2D eigenvalue weighted by atomic mass is 10.1. The van der Waals surface area contributed by atoms with Gasteiger partial charge in [-0.1, -0.05) is 28.1 Å². The van der Waals surface area contributed by atoms with E-state index in [2.05, 4.69) is 26.3 Å². The van der Waals surface area contributed by atoms with Gasteiger partial charge in [0.05, 0.1) is 17.8 Å². The van der Waals surface area contributed by atoms with Gasteiger partial charge in [-0.05, 0) is 31.5 Å². The van der Waals surface area contributed by atoms with Crippen LogP contribution in [-0.2, 0) is 7.05 Å². The molecular weight excluding hydrogens is 306 g/mol. The van der Waals surface area contributed by atoms with Crippen LogP contribution in [-0.4, -0.2) is 15.7 Å². The summed E-state index contributed by atoms with van der Waals surface area (Å²) in [7, 11) is 1.82. The van der Waals surface area contributed by atoms with Crippen molar-refractivity contribution >= 4 is 21.8 Å². The van der Waals surface area contributed by atoms with Crippen LogP contribution in [0.2, 0.25) is 0 Å². The summed E-state index contributed by atoms with van der Waals surface area (Å²) in [5.41, 5.74) is 2.55. The normalized spacial score (nSPS) is 12.2. The minimum atomic E-state index is -0.0963. The molecule has 0 fully saturated rings. The molecular formula is C14H16BrN3O. The average Bonchev–Trinajstić information content (AvgIpc) is 2.70. The Kier molecular flexibility index (Phi) is 4.04. The molecule has 0 saturated carbocycles. The molecule has 1 atom stereocenters.